The van der Waals surface area contributed by atoms with Crippen LogP contribution in [0.25, 0.3) is 21.9 Å². The van der Waals surface area contributed by atoms with Crippen LogP contribution in [0.15, 0.2) is 33.5 Å². The fraction of sp³-hybridized carbons (Fsp3) is 0.318. The van der Waals surface area contributed by atoms with Gasteiger partial charge in [-0.15, -0.1) is 11.3 Å². The quantitative estimate of drug-likeness (QED) is 0.563. The summed E-state index contributed by atoms with van der Waals surface area (Å²) in [5, 5.41) is 0.630. The topological polar surface area (TPSA) is 75.3 Å². The van der Waals surface area contributed by atoms with Gasteiger partial charge >= 0.3 is 0 Å². The normalized spacial score (nSPS) is 15.0. The predicted molar refractivity (Wildman–Crippen MR) is 124 cm³/mol. The van der Waals surface area contributed by atoms with E-state index in [-0.39, 0.29) is 11.5 Å². The van der Waals surface area contributed by atoms with Crippen molar-refractivity contribution in [3.05, 3.63) is 60.9 Å². The van der Waals surface area contributed by atoms with Crippen LogP contribution in [0, 0.1) is 6.92 Å². The molecule has 2 aromatic heterocycles. The number of ether oxygens (including phenoxy) is 1. The Morgan fingerprint density at radius 2 is 2.00 bits per heavy atom. The molecule has 1 saturated heterocycles. The smallest absolute Gasteiger partial charge is 0.260 e. The van der Waals surface area contributed by atoms with Gasteiger partial charge in [-0.25, -0.2) is 4.98 Å². The molecule has 0 unspecified atom stereocenters. The molecule has 1 N–H and O–H groups in total. The lowest BCUT2D eigenvalue weighted by Gasteiger charge is -2.27. The number of rotatable bonds is 4. The van der Waals surface area contributed by atoms with Crippen LogP contribution in [0.3, 0.4) is 0 Å². The number of aromatic nitrogens is 2. The van der Waals surface area contributed by atoms with Crippen molar-refractivity contribution in [3.8, 4) is 0 Å². The van der Waals surface area contributed by atoms with E-state index in [0.29, 0.717) is 47.9 Å². The molecule has 0 aliphatic carbocycles. The van der Waals surface area contributed by atoms with Crippen LogP contribution in [-0.4, -0.2) is 47.1 Å². The molecule has 1 aliphatic heterocycles. The van der Waals surface area contributed by atoms with Gasteiger partial charge < -0.3 is 14.6 Å². The first kappa shape index (κ1) is 21.0. The number of halogens is 1. The second kappa shape index (κ2) is 8.83. The van der Waals surface area contributed by atoms with Crippen LogP contribution in [0.2, 0.25) is 0 Å². The Kier molecular flexibility index (Phi) is 6.17. The Balaban J connectivity index is 1.85. The minimum absolute atomic E-state index is 0.160. The molecule has 4 rings (SSSR count). The molecule has 3 heterocycles. The molecule has 30 heavy (non-hydrogen) atoms. The van der Waals surface area contributed by atoms with Gasteiger partial charge in [-0.1, -0.05) is 35.0 Å². The van der Waals surface area contributed by atoms with Crippen molar-refractivity contribution in [1.29, 1.82) is 0 Å². The number of morpholine rings is 1. The molecule has 156 valence electrons. The maximum absolute atomic E-state index is 13.4. The number of hydrogen-bond donors (Lipinski definition) is 1. The zero-order valence-corrected chi connectivity index (χ0v) is 19.2. The summed E-state index contributed by atoms with van der Waals surface area (Å²) in [6.07, 6.45) is 2.56. The average Bonchev–Trinajstić information content (AvgIpc) is 3.09. The van der Waals surface area contributed by atoms with Crippen LogP contribution in [0.1, 0.15) is 28.8 Å². The first-order chi connectivity index (χ1) is 14.5. The number of H-pyrrole nitrogens is 1. The summed E-state index contributed by atoms with van der Waals surface area (Å²) in [6.45, 7) is 6.07. The molecule has 8 heteroatoms. The molecular weight excluding hydrogens is 466 g/mol. The molecule has 0 radical (unpaired) electrons. The number of aromatic amines is 1. The second-order valence-corrected chi connectivity index (χ2v) is 9.22. The SMILES string of the molecule is CCc1c(C)sc2nc(/C(=C\c3ccc(Br)cc3)C(=O)N3CCOCC3)[nH]c(=O)c12. The summed E-state index contributed by atoms with van der Waals surface area (Å²) >= 11 is 4.93. The van der Waals surface area contributed by atoms with E-state index < -0.39 is 0 Å². The van der Waals surface area contributed by atoms with Crippen molar-refractivity contribution in [2.45, 2.75) is 20.3 Å². The van der Waals surface area contributed by atoms with Crippen LogP contribution < -0.4 is 5.56 Å². The van der Waals surface area contributed by atoms with Crippen molar-refractivity contribution in [1.82, 2.24) is 14.9 Å². The minimum atomic E-state index is -0.201. The van der Waals surface area contributed by atoms with Crippen molar-refractivity contribution < 1.29 is 9.53 Å². The first-order valence-electron chi connectivity index (χ1n) is 9.85. The third-order valence-electron chi connectivity index (χ3n) is 5.18. The molecule has 3 aromatic rings. The van der Waals surface area contributed by atoms with Gasteiger partial charge in [0.2, 0.25) is 0 Å². The van der Waals surface area contributed by atoms with Crippen molar-refractivity contribution in [2.75, 3.05) is 26.3 Å². The molecule has 0 spiro atoms. The van der Waals surface area contributed by atoms with E-state index in [9.17, 15) is 9.59 Å². The van der Waals surface area contributed by atoms with Crippen molar-refractivity contribution >= 4 is 55.0 Å². The Labute approximate surface area is 186 Å². The molecule has 1 fully saturated rings. The summed E-state index contributed by atoms with van der Waals surface area (Å²) in [5.41, 5.74) is 2.05. The summed E-state index contributed by atoms with van der Waals surface area (Å²) in [6, 6.07) is 7.66. The highest BCUT2D eigenvalue weighted by molar-refractivity contribution is 9.10. The van der Waals surface area contributed by atoms with E-state index in [1.165, 1.54) is 11.3 Å². The van der Waals surface area contributed by atoms with Gasteiger partial charge in [-0.2, -0.15) is 0 Å². The van der Waals surface area contributed by atoms with Crippen LogP contribution in [0.5, 0.6) is 0 Å². The fourth-order valence-electron chi connectivity index (χ4n) is 3.62. The number of carbonyl (C=O) groups is 1. The zero-order chi connectivity index (χ0) is 21.3. The van der Waals surface area contributed by atoms with E-state index in [0.717, 1.165) is 26.9 Å². The third-order valence-corrected chi connectivity index (χ3v) is 6.75. The third kappa shape index (κ3) is 4.12. The lowest BCUT2D eigenvalue weighted by molar-refractivity contribution is -0.128. The predicted octanol–water partition coefficient (Wildman–Crippen LogP) is 4.02. The fourth-order valence-corrected chi connectivity index (χ4v) is 5.00. The van der Waals surface area contributed by atoms with Gasteiger partial charge in [-0.3, -0.25) is 9.59 Å². The van der Waals surface area contributed by atoms with E-state index in [2.05, 4.69) is 20.9 Å². The molecule has 1 amide bonds. The maximum atomic E-state index is 13.4. The Bertz CT molecular complexity index is 1170. The highest BCUT2D eigenvalue weighted by Gasteiger charge is 2.25. The number of nitrogens with one attached hydrogen (secondary N) is 1. The maximum Gasteiger partial charge on any atom is 0.260 e. The van der Waals surface area contributed by atoms with Crippen molar-refractivity contribution in [2.24, 2.45) is 0 Å². The molecule has 6 nitrogen and oxygen atoms in total. The van der Waals surface area contributed by atoms with Gasteiger partial charge in [-0.05, 0) is 42.7 Å². The van der Waals surface area contributed by atoms with E-state index in [4.69, 9.17) is 9.72 Å². The van der Waals surface area contributed by atoms with E-state index in [1.807, 2.05) is 38.1 Å². The molecule has 1 aliphatic rings. The van der Waals surface area contributed by atoms with Crippen LogP contribution in [0.4, 0.5) is 0 Å². The van der Waals surface area contributed by atoms with Gasteiger partial charge in [0.05, 0.1) is 24.2 Å². The molecule has 0 atom stereocenters. The van der Waals surface area contributed by atoms with Gasteiger partial charge in [0.1, 0.15) is 10.7 Å². The first-order valence-corrected chi connectivity index (χ1v) is 11.5. The summed E-state index contributed by atoms with van der Waals surface area (Å²) in [7, 11) is 0. The summed E-state index contributed by atoms with van der Waals surface area (Å²) < 4.78 is 6.34. The minimum Gasteiger partial charge on any atom is -0.378 e. The van der Waals surface area contributed by atoms with E-state index >= 15 is 0 Å². The summed E-state index contributed by atoms with van der Waals surface area (Å²) in [5.74, 6) is 0.142. The number of aryl methyl sites for hydroxylation is 2. The molecule has 0 bridgehead atoms. The number of nitrogens with zero attached hydrogens (tertiary/aromatic N) is 2. The van der Waals surface area contributed by atoms with Gasteiger partial charge in [0.15, 0.2) is 0 Å². The Morgan fingerprint density at radius 1 is 1.30 bits per heavy atom. The number of hydrogen-bond acceptors (Lipinski definition) is 5. The molecule has 0 saturated carbocycles. The largest absolute Gasteiger partial charge is 0.378 e. The highest BCUT2D eigenvalue weighted by atomic mass is 79.9. The lowest BCUT2D eigenvalue weighted by atomic mass is 10.1. The van der Waals surface area contributed by atoms with Crippen LogP contribution in [-0.2, 0) is 16.0 Å². The number of fused-ring (bicyclic) bond motifs is 1. The molecule has 1 aromatic carbocycles. The molecular formula is C22H22BrN3O3S. The van der Waals surface area contributed by atoms with E-state index in [1.54, 1.807) is 11.0 Å². The number of carbonyl (C=O) groups excluding carboxylic acids is 1. The van der Waals surface area contributed by atoms with Gasteiger partial charge in [0, 0.05) is 22.4 Å². The highest BCUT2D eigenvalue weighted by Crippen LogP contribution is 2.29. The monoisotopic (exact) mass is 487 g/mol. The number of thiophene rings is 1. The number of amides is 1. The Morgan fingerprint density at radius 3 is 2.67 bits per heavy atom. The summed E-state index contributed by atoms with van der Waals surface area (Å²) in [4.78, 5) is 37.4. The van der Waals surface area contributed by atoms with Gasteiger partial charge in [0.25, 0.3) is 11.5 Å². The standard InChI is InChI=1S/C22H22BrN3O3S/c1-3-16-13(2)30-21-18(16)20(27)24-19(25-21)17(12-14-4-6-15(23)7-5-14)22(28)26-8-10-29-11-9-26/h4-7,12H,3,8-11H2,1-2H3,(H,24,25,27)/b17-12+. The second-order valence-electron chi connectivity index (χ2n) is 7.10. The lowest BCUT2D eigenvalue weighted by Crippen LogP contribution is -2.41. The van der Waals surface area contributed by atoms with Crippen LogP contribution >= 0.6 is 27.3 Å². The zero-order valence-electron chi connectivity index (χ0n) is 16.8. The average molecular weight is 488 g/mol. The Hall–Kier alpha value is -2.29. The van der Waals surface area contributed by atoms with Crippen molar-refractivity contribution in [3.63, 3.8) is 0 Å². The number of benzene rings is 1.